The molecule has 1 saturated carbocycles. The lowest BCUT2D eigenvalue weighted by atomic mass is 9.85. The van der Waals surface area contributed by atoms with Crippen molar-refractivity contribution in [2.24, 2.45) is 20.0 Å². The molecule has 5 rings (SSSR count). The number of pyridine rings is 1. The number of ether oxygens (including phenoxy) is 1. The Bertz CT molecular complexity index is 1980. The van der Waals surface area contributed by atoms with Crippen LogP contribution in [0.4, 0.5) is 59.9 Å². The van der Waals surface area contributed by atoms with Gasteiger partial charge in [0.15, 0.2) is 17.9 Å². The SMILES string of the molecule is Cn1nc(C(F)(F)F)cc1C(=O)NCc1ccc(C(F)(F)F)c(Nc2nc3cc(C(=O)N[C@H]4CC[C@H](C(F)(F)F)CC4)c(OCC(F)F)nc3n2C)c1. The monoisotopic (exact) mass is 770 g/mol. The van der Waals surface area contributed by atoms with Crippen molar-refractivity contribution in [2.75, 3.05) is 11.9 Å². The molecule has 1 aliphatic rings. The third kappa shape index (κ3) is 9.07. The van der Waals surface area contributed by atoms with Gasteiger partial charge in [0.1, 0.15) is 16.8 Å². The van der Waals surface area contributed by atoms with Crippen molar-refractivity contribution in [3.8, 4) is 5.88 Å². The number of carbonyl (C=O) groups is 2. The van der Waals surface area contributed by atoms with Gasteiger partial charge < -0.3 is 20.7 Å². The normalized spacial score (nSPS) is 16.9. The third-order valence-corrected chi connectivity index (χ3v) is 8.42. The van der Waals surface area contributed by atoms with E-state index in [-0.39, 0.29) is 48.4 Å². The molecule has 0 aliphatic heterocycles. The highest BCUT2D eigenvalue weighted by Gasteiger charge is 2.42. The molecule has 22 heteroatoms. The van der Waals surface area contributed by atoms with E-state index < -0.39 is 96.0 Å². The molecule has 3 heterocycles. The molecular weight excluding hydrogens is 741 g/mol. The molecule has 288 valence electrons. The Morgan fingerprint density at radius 3 is 2.17 bits per heavy atom. The minimum Gasteiger partial charge on any atom is -0.471 e. The molecule has 3 aromatic heterocycles. The lowest BCUT2D eigenvalue weighted by molar-refractivity contribution is -0.182. The quantitative estimate of drug-likeness (QED) is 0.150. The fourth-order valence-electron chi connectivity index (χ4n) is 5.71. The van der Waals surface area contributed by atoms with Gasteiger partial charge in [-0.15, -0.1) is 0 Å². The van der Waals surface area contributed by atoms with Crippen molar-refractivity contribution < 1.29 is 62.6 Å². The molecule has 2 amide bonds. The number of aromatic nitrogens is 5. The maximum Gasteiger partial charge on any atom is 0.435 e. The van der Waals surface area contributed by atoms with Crippen molar-refractivity contribution in [2.45, 2.75) is 63.2 Å². The van der Waals surface area contributed by atoms with Gasteiger partial charge in [-0.2, -0.15) is 49.6 Å². The number of nitrogens with one attached hydrogen (secondary N) is 3. The van der Waals surface area contributed by atoms with Gasteiger partial charge in [-0.05, 0) is 49.4 Å². The molecule has 11 nitrogen and oxygen atoms in total. The summed E-state index contributed by atoms with van der Waals surface area (Å²) in [6.45, 7) is -1.62. The Kier molecular flexibility index (Phi) is 10.8. The van der Waals surface area contributed by atoms with Gasteiger partial charge in [0.25, 0.3) is 18.2 Å². The molecule has 0 atom stereocenters. The highest BCUT2D eigenvalue weighted by Crippen LogP contribution is 2.39. The number of alkyl halides is 11. The first-order chi connectivity index (χ1) is 24.6. The number of hydrogen-bond acceptors (Lipinski definition) is 7. The Morgan fingerprint density at radius 1 is 0.906 bits per heavy atom. The molecule has 0 spiro atoms. The average Bonchev–Trinajstić information content (AvgIpc) is 3.60. The van der Waals surface area contributed by atoms with E-state index >= 15 is 0 Å². The van der Waals surface area contributed by atoms with E-state index in [1.165, 1.54) is 7.05 Å². The van der Waals surface area contributed by atoms with Gasteiger partial charge in [-0.1, -0.05) is 6.07 Å². The molecule has 0 saturated heterocycles. The van der Waals surface area contributed by atoms with Crippen LogP contribution in [0, 0.1) is 5.92 Å². The van der Waals surface area contributed by atoms with Crippen molar-refractivity contribution >= 4 is 34.6 Å². The fourth-order valence-corrected chi connectivity index (χ4v) is 5.71. The van der Waals surface area contributed by atoms with Gasteiger partial charge >= 0.3 is 18.5 Å². The van der Waals surface area contributed by atoms with E-state index in [0.717, 1.165) is 29.8 Å². The number of aryl methyl sites for hydroxylation is 2. The molecule has 1 aliphatic carbocycles. The van der Waals surface area contributed by atoms with E-state index in [9.17, 15) is 57.9 Å². The van der Waals surface area contributed by atoms with E-state index in [4.69, 9.17) is 4.74 Å². The number of benzene rings is 1. The second-order valence-electron chi connectivity index (χ2n) is 12.2. The summed E-state index contributed by atoms with van der Waals surface area (Å²) in [5.74, 6) is -4.30. The number of anilines is 2. The van der Waals surface area contributed by atoms with Crippen molar-refractivity contribution in [3.05, 3.63) is 58.4 Å². The van der Waals surface area contributed by atoms with E-state index in [1.807, 2.05) is 0 Å². The Balaban J connectivity index is 1.41. The number of fused-ring (bicyclic) bond motifs is 1. The van der Waals surface area contributed by atoms with Gasteiger partial charge in [-0.3, -0.25) is 18.8 Å². The minimum atomic E-state index is -4.92. The van der Waals surface area contributed by atoms with Crippen LogP contribution < -0.4 is 20.7 Å². The molecule has 0 unspecified atom stereocenters. The van der Waals surface area contributed by atoms with Crippen LogP contribution in [0.5, 0.6) is 5.88 Å². The number of hydrogen-bond donors (Lipinski definition) is 3. The molecule has 1 fully saturated rings. The molecule has 0 radical (unpaired) electrons. The number of carbonyl (C=O) groups excluding carboxylic acids is 2. The molecule has 1 aromatic carbocycles. The van der Waals surface area contributed by atoms with Crippen molar-refractivity contribution in [1.82, 2.24) is 34.9 Å². The van der Waals surface area contributed by atoms with E-state index in [1.54, 1.807) is 0 Å². The first-order valence-electron chi connectivity index (χ1n) is 15.6. The summed E-state index contributed by atoms with van der Waals surface area (Å²) in [7, 11) is 2.41. The Morgan fingerprint density at radius 2 is 1.58 bits per heavy atom. The predicted molar refractivity (Wildman–Crippen MR) is 163 cm³/mol. The van der Waals surface area contributed by atoms with Crippen molar-refractivity contribution in [1.29, 1.82) is 0 Å². The summed E-state index contributed by atoms with van der Waals surface area (Å²) in [5.41, 5.74) is -4.09. The van der Waals surface area contributed by atoms with Crippen LogP contribution in [0.15, 0.2) is 30.3 Å². The standard InChI is InChI=1S/C31H29F11N8O3/c1-49-24-20(10-17(27(47-24)53-13-23(32)33)25(51)44-16-6-4-15(5-7-16)29(34,35)36)46-28(49)45-19-9-14(3-8-18(19)30(37,38)39)12-43-26(52)21-11-22(31(40,41)42)48-50(21)2/h3,8-11,15-16,23H,4-7,12-13H2,1-2H3,(H,43,52)(H,44,51)(H,45,46)/t15-,16-. The highest BCUT2D eigenvalue weighted by atomic mass is 19.4. The van der Waals surface area contributed by atoms with Crippen LogP contribution in [-0.2, 0) is 33.0 Å². The highest BCUT2D eigenvalue weighted by molar-refractivity contribution is 5.99. The largest absolute Gasteiger partial charge is 0.471 e. The number of halogens is 11. The lowest BCUT2D eigenvalue weighted by Gasteiger charge is -2.30. The van der Waals surface area contributed by atoms with Crippen LogP contribution in [0.3, 0.4) is 0 Å². The van der Waals surface area contributed by atoms with Crippen LogP contribution in [-0.4, -0.2) is 61.4 Å². The molecule has 3 N–H and O–H groups in total. The van der Waals surface area contributed by atoms with Crippen molar-refractivity contribution in [3.63, 3.8) is 0 Å². The zero-order valence-corrected chi connectivity index (χ0v) is 27.5. The summed E-state index contributed by atoms with van der Waals surface area (Å²) < 4.78 is 154. The maximum absolute atomic E-state index is 14.1. The average molecular weight is 771 g/mol. The topological polar surface area (TPSA) is 128 Å². The molecular formula is C31H29F11N8O3. The minimum absolute atomic E-state index is 0.0108. The summed E-state index contributed by atoms with van der Waals surface area (Å²) in [6.07, 6.45) is -17.6. The van der Waals surface area contributed by atoms with Crippen LogP contribution >= 0.6 is 0 Å². The summed E-state index contributed by atoms with van der Waals surface area (Å²) in [5, 5.41) is 10.6. The van der Waals surface area contributed by atoms with E-state index in [2.05, 4.69) is 31.0 Å². The first-order valence-corrected chi connectivity index (χ1v) is 15.6. The summed E-state index contributed by atoms with van der Waals surface area (Å²) in [4.78, 5) is 34.2. The third-order valence-electron chi connectivity index (χ3n) is 8.42. The molecule has 0 bridgehead atoms. The van der Waals surface area contributed by atoms with Crippen LogP contribution in [0.1, 0.15) is 63.4 Å². The second kappa shape index (κ2) is 14.7. The Hall–Kier alpha value is -5.18. The number of rotatable bonds is 10. The maximum atomic E-state index is 14.1. The summed E-state index contributed by atoms with van der Waals surface area (Å²) in [6, 6.07) is 3.64. The predicted octanol–water partition coefficient (Wildman–Crippen LogP) is 6.91. The molecule has 4 aromatic rings. The van der Waals surface area contributed by atoms with Gasteiger partial charge in [-0.25, -0.2) is 13.8 Å². The lowest BCUT2D eigenvalue weighted by Crippen LogP contribution is -2.40. The van der Waals surface area contributed by atoms with Gasteiger partial charge in [0.05, 0.1) is 17.2 Å². The smallest absolute Gasteiger partial charge is 0.435 e. The van der Waals surface area contributed by atoms with Crippen LogP contribution in [0.25, 0.3) is 11.2 Å². The van der Waals surface area contributed by atoms with Crippen LogP contribution in [0.2, 0.25) is 0 Å². The van der Waals surface area contributed by atoms with Gasteiger partial charge in [0, 0.05) is 32.7 Å². The fraction of sp³-hybridized carbons (Fsp3) is 0.452. The van der Waals surface area contributed by atoms with Gasteiger partial charge in [0.2, 0.25) is 11.8 Å². The first kappa shape index (κ1) is 39.0. The number of nitrogens with zero attached hydrogens (tertiary/aromatic N) is 5. The zero-order chi connectivity index (χ0) is 39.0. The van der Waals surface area contributed by atoms with E-state index in [0.29, 0.717) is 16.8 Å². The number of imidazole rings is 1. The molecule has 53 heavy (non-hydrogen) atoms. The zero-order valence-electron chi connectivity index (χ0n) is 27.5. The number of amides is 2. The summed E-state index contributed by atoms with van der Waals surface area (Å²) >= 11 is 0. The second-order valence-corrected chi connectivity index (χ2v) is 12.2. The Labute approximate surface area is 291 Å².